The van der Waals surface area contributed by atoms with Crippen molar-refractivity contribution in [2.45, 2.75) is 25.3 Å². The summed E-state index contributed by atoms with van der Waals surface area (Å²) < 4.78 is 12.9. The second-order valence-electron chi connectivity index (χ2n) is 3.62. The molecular weight excluding hydrogens is 153 g/mol. The van der Waals surface area contributed by atoms with E-state index in [0.29, 0.717) is 5.56 Å². The summed E-state index contributed by atoms with van der Waals surface area (Å²) in [4.78, 5) is 0. The maximum absolute atomic E-state index is 12.9. The van der Waals surface area contributed by atoms with Gasteiger partial charge >= 0.3 is 0 Å². The van der Waals surface area contributed by atoms with E-state index in [1.807, 2.05) is 6.07 Å². The Morgan fingerprint density at radius 3 is 2.58 bits per heavy atom. The van der Waals surface area contributed by atoms with E-state index in [0.717, 1.165) is 18.4 Å². The molecular formula is C10H12FN. The zero-order valence-corrected chi connectivity index (χ0v) is 7.10. The number of aryl methyl sites for hydroxylation is 1. The van der Waals surface area contributed by atoms with E-state index in [2.05, 4.69) is 0 Å². The van der Waals surface area contributed by atoms with Crippen LogP contribution in [0.5, 0.6) is 0 Å². The fourth-order valence-electron chi connectivity index (χ4n) is 1.38. The van der Waals surface area contributed by atoms with Crippen LogP contribution in [0.3, 0.4) is 0 Å². The molecule has 0 saturated heterocycles. The van der Waals surface area contributed by atoms with Crippen molar-refractivity contribution in [2.75, 3.05) is 0 Å². The van der Waals surface area contributed by atoms with Crippen molar-refractivity contribution < 1.29 is 4.39 Å². The van der Waals surface area contributed by atoms with Crippen molar-refractivity contribution in [3.8, 4) is 0 Å². The Morgan fingerprint density at radius 1 is 1.42 bits per heavy atom. The molecule has 0 amide bonds. The molecule has 0 atom stereocenters. The lowest BCUT2D eigenvalue weighted by Crippen LogP contribution is -2.18. The Morgan fingerprint density at radius 2 is 2.08 bits per heavy atom. The van der Waals surface area contributed by atoms with E-state index in [9.17, 15) is 4.39 Å². The number of benzene rings is 1. The van der Waals surface area contributed by atoms with Crippen molar-refractivity contribution in [3.05, 3.63) is 35.1 Å². The van der Waals surface area contributed by atoms with Crippen LogP contribution < -0.4 is 5.73 Å². The lowest BCUT2D eigenvalue weighted by Gasteiger charge is -2.09. The zero-order chi connectivity index (χ0) is 8.77. The van der Waals surface area contributed by atoms with Crippen LogP contribution in [0.4, 0.5) is 4.39 Å². The third-order valence-electron chi connectivity index (χ3n) is 2.52. The minimum atomic E-state index is -0.150. The van der Waals surface area contributed by atoms with Gasteiger partial charge in [-0.05, 0) is 37.0 Å². The molecule has 2 heteroatoms. The molecule has 1 saturated carbocycles. The molecule has 2 N–H and O–H groups in total. The summed E-state index contributed by atoms with van der Waals surface area (Å²) in [5.41, 5.74) is 7.58. The quantitative estimate of drug-likeness (QED) is 0.677. The van der Waals surface area contributed by atoms with Crippen LogP contribution in [0.25, 0.3) is 0 Å². The average Bonchev–Trinajstić information content (AvgIpc) is 2.75. The zero-order valence-electron chi connectivity index (χ0n) is 7.10. The first-order chi connectivity index (χ1) is 5.62. The fourth-order valence-corrected chi connectivity index (χ4v) is 1.38. The molecule has 0 radical (unpaired) electrons. The van der Waals surface area contributed by atoms with Gasteiger partial charge in [0, 0.05) is 5.54 Å². The second kappa shape index (κ2) is 2.30. The first kappa shape index (κ1) is 7.74. The third kappa shape index (κ3) is 1.12. The third-order valence-corrected chi connectivity index (χ3v) is 2.52. The van der Waals surface area contributed by atoms with E-state index >= 15 is 0 Å². The number of halogens is 1. The van der Waals surface area contributed by atoms with E-state index in [1.165, 1.54) is 6.07 Å². The van der Waals surface area contributed by atoms with Gasteiger partial charge in [-0.15, -0.1) is 0 Å². The molecule has 0 bridgehead atoms. The molecule has 0 aromatic heterocycles. The van der Waals surface area contributed by atoms with Gasteiger partial charge in [0.25, 0.3) is 0 Å². The first-order valence-corrected chi connectivity index (χ1v) is 4.17. The van der Waals surface area contributed by atoms with Gasteiger partial charge in [-0.1, -0.05) is 12.1 Å². The van der Waals surface area contributed by atoms with Crippen LogP contribution in [0.1, 0.15) is 24.0 Å². The van der Waals surface area contributed by atoms with E-state index in [1.54, 1.807) is 13.0 Å². The molecule has 0 unspecified atom stereocenters. The monoisotopic (exact) mass is 165 g/mol. The number of hydrogen-bond acceptors (Lipinski definition) is 1. The molecule has 1 aromatic rings. The van der Waals surface area contributed by atoms with Gasteiger partial charge in [0.05, 0.1) is 0 Å². The summed E-state index contributed by atoms with van der Waals surface area (Å²) in [7, 11) is 0. The molecule has 1 nitrogen and oxygen atoms in total. The highest BCUT2D eigenvalue weighted by atomic mass is 19.1. The van der Waals surface area contributed by atoms with Crippen LogP contribution >= 0.6 is 0 Å². The van der Waals surface area contributed by atoms with Gasteiger partial charge in [0.2, 0.25) is 0 Å². The van der Waals surface area contributed by atoms with Crippen molar-refractivity contribution in [3.63, 3.8) is 0 Å². The predicted octanol–water partition coefficient (Wildman–Crippen LogP) is 2.08. The molecule has 1 aliphatic carbocycles. The maximum Gasteiger partial charge on any atom is 0.126 e. The van der Waals surface area contributed by atoms with Gasteiger partial charge in [-0.25, -0.2) is 4.39 Å². The molecule has 1 fully saturated rings. The average molecular weight is 165 g/mol. The molecule has 1 aliphatic rings. The van der Waals surface area contributed by atoms with Gasteiger partial charge in [0.15, 0.2) is 0 Å². The maximum atomic E-state index is 12.9. The van der Waals surface area contributed by atoms with Crippen LogP contribution in [0, 0.1) is 12.7 Å². The van der Waals surface area contributed by atoms with Gasteiger partial charge in [0.1, 0.15) is 5.82 Å². The fraction of sp³-hybridized carbons (Fsp3) is 0.400. The number of rotatable bonds is 1. The highest BCUT2D eigenvalue weighted by molar-refractivity contribution is 5.33. The van der Waals surface area contributed by atoms with Crippen LogP contribution in [-0.4, -0.2) is 0 Å². The van der Waals surface area contributed by atoms with E-state index < -0.39 is 0 Å². The van der Waals surface area contributed by atoms with Gasteiger partial charge in [-0.2, -0.15) is 0 Å². The molecule has 2 rings (SSSR count). The number of nitrogens with two attached hydrogens (primary N) is 1. The Balaban J connectivity index is 2.41. The summed E-state index contributed by atoms with van der Waals surface area (Å²) in [6, 6.07) is 5.13. The highest BCUT2D eigenvalue weighted by Crippen LogP contribution is 2.42. The lowest BCUT2D eigenvalue weighted by atomic mass is 10.0. The normalized spacial score (nSPS) is 19.2. The summed E-state index contributed by atoms with van der Waals surface area (Å²) in [5, 5.41) is 0. The van der Waals surface area contributed by atoms with Crippen LogP contribution in [-0.2, 0) is 5.54 Å². The number of hydrogen-bond donors (Lipinski definition) is 1. The van der Waals surface area contributed by atoms with Crippen molar-refractivity contribution in [1.29, 1.82) is 0 Å². The van der Waals surface area contributed by atoms with Crippen molar-refractivity contribution in [1.82, 2.24) is 0 Å². The van der Waals surface area contributed by atoms with E-state index in [-0.39, 0.29) is 11.4 Å². The van der Waals surface area contributed by atoms with E-state index in [4.69, 9.17) is 5.73 Å². The summed E-state index contributed by atoms with van der Waals surface area (Å²) in [6.07, 6.45) is 2.05. The first-order valence-electron chi connectivity index (χ1n) is 4.17. The molecule has 12 heavy (non-hydrogen) atoms. The smallest absolute Gasteiger partial charge is 0.126 e. The molecule has 0 spiro atoms. The summed E-state index contributed by atoms with van der Waals surface area (Å²) in [5.74, 6) is -0.150. The minimum absolute atomic E-state index is 0.140. The Bertz CT molecular complexity index is 316. The lowest BCUT2D eigenvalue weighted by molar-refractivity contribution is 0.614. The Kier molecular flexibility index (Phi) is 1.48. The Hall–Kier alpha value is -0.890. The topological polar surface area (TPSA) is 26.0 Å². The standard InChI is InChI=1S/C10H12FN/c1-7-6-8(2-3-9(7)11)10(12)4-5-10/h2-3,6H,4-5,12H2,1H3. The minimum Gasteiger partial charge on any atom is -0.321 e. The van der Waals surface area contributed by atoms with Crippen LogP contribution in [0.15, 0.2) is 18.2 Å². The predicted molar refractivity (Wildman–Crippen MR) is 46.2 cm³/mol. The van der Waals surface area contributed by atoms with Gasteiger partial charge < -0.3 is 5.73 Å². The SMILES string of the molecule is Cc1cc(C2(N)CC2)ccc1F. The Labute approximate surface area is 71.4 Å². The molecule has 0 aliphatic heterocycles. The molecule has 64 valence electrons. The summed E-state index contributed by atoms with van der Waals surface area (Å²) in [6.45, 7) is 1.77. The molecule has 1 aromatic carbocycles. The van der Waals surface area contributed by atoms with Gasteiger partial charge in [-0.3, -0.25) is 0 Å². The largest absolute Gasteiger partial charge is 0.321 e. The molecule has 0 heterocycles. The second-order valence-corrected chi connectivity index (χ2v) is 3.62. The van der Waals surface area contributed by atoms with Crippen LogP contribution in [0.2, 0.25) is 0 Å². The highest BCUT2D eigenvalue weighted by Gasteiger charge is 2.39. The summed E-state index contributed by atoms with van der Waals surface area (Å²) >= 11 is 0. The van der Waals surface area contributed by atoms with Crippen molar-refractivity contribution >= 4 is 0 Å². The van der Waals surface area contributed by atoms with Crippen molar-refractivity contribution in [2.24, 2.45) is 5.73 Å².